The van der Waals surface area contributed by atoms with Gasteiger partial charge in [-0.3, -0.25) is 0 Å². The van der Waals surface area contributed by atoms with Gasteiger partial charge in [-0.2, -0.15) is 0 Å². The van der Waals surface area contributed by atoms with Gasteiger partial charge in [-0.25, -0.2) is 0 Å². The van der Waals surface area contributed by atoms with Gasteiger partial charge >= 0.3 is 0 Å². The van der Waals surface area contributed by atoms with Gasteiger partial charge in [0.1, 0.15) is 12.4 Å². The molecule has 0 amide bonds. The first-order chi connectivity index (χ1) is 12.9. The van der Waals surface area contributed by atoms with Crippen LogP contribution in [-0.4, -0.2) is 0 Å². The Morgan fingerprint density at radius 1 is 0.926 bits per heavy atom. The fourth-order valence-corrected chi connectivity index (χ4v) is 4.37. The molecule has 0 radical (unpaired) electrons. The Labute approximate surface area is 186 Å². The van der Waals surface area contributed by atoms with E-state index in [9.17, 15) is 0 Å². The smallest absolute Gasteiger partial charge is 0.139 e. The number of halogens is 4. The number of nitrogens with one attached hydrogen (secondary N) is 1. The quantitative estimate of drug-likeness (QED) is 0.349. The highest BCUT2D eigenvalue weighted by atomic mass is 79.9. The summed E-state index contributed by atoms with van der Waals surface area (Å²) in [7, 11) is 0. The predicted octanol–water partition coefficient (Wildman–Crippen LogP) is 8.02. The summed E-state index contributed by atoms with van der Waals surface area (Å²) in [6.07, 6.45) is 0. The zero-order valence-electron chi connectivity index (χ0n) is 14.5. The Balaban J connectivity index is 1.79. The number of aryl methyl sites for hydroxylation is 1. The summed E-state index contributed by atoms with van der Waals surface area (Å²) in [6, 6.07) is 17.6. The average molecular weight is 530 g/mol. The van der Waals surface area contributed by atoms with Gasteiger partial charge in [0.15, 0.2) is 0 Å². The van der Waals surface area contributed by atoms with Crippen LogP contribution < -0.4 is 10.1 Å². The highest BCUT2D eigenvalue weighted by Crippen LogP contribution is 2.34. The van der Waals surface area contributed by atoms with Crippen LogP contribution in [0.15, 0.2) is 63.5 Å². The molecule has 2 nitrogen and oxygen atoms in total. The maximum Gasteiger partial charge on any atom is 0.139 e. The molecule has 0 saturated heterocycles. The molecule has 0 aliphatic carbocycles. The molecule has 3 aromatic rings. The Hall–Kier alpha value is -1.20. The molecule has 0 aliphatic heterocycles. The Bertz CT molecular complexity index is 963. The highest BCUT2D eigenvalue weighted by Gasteiger charge is 2.12. The van der Waals surface area contributed by atoms with Crippen LogP contribution in [0.2, 0.25) is 10.0 Å². The molecule has 0 spiro atoms. The minimum atomic E-state index is 0.392. The molecule has 3 rings (SSSR count). The first-order valence-corrected chi connectivity index (χ1v) is 10.6. The van der Waals surface area contributed by atoms with E-state index in [1.54, 1.807) is 0 Å². The summed E-state index contributed by atoms with van der Waals surface area (Å²) >= 11 is 19.6. The zero-order valence-corrected chi connectivity index (χ0v) is 19.2. The van der Waals surface area contributed by atoms with E-state index in [2.05, 4.69) is 37.2 Å². The van der Waals surface area contributed by atoms with Crippen LogP contribution in [0.25, 0.3) is 0 Å². The van der Waals surface area contributed by atoms with Crippen molar-refractivity contribution in [1.82, 2.24) is 0 Å². The molecule has 0 saturated carbocycles. The third-order valence-corrected chi connectivity index (χ3v) is 5.89. The summed E-state index contributed by atoms with van der Waals surface area (Å²) in [5.74, 6) is 0.781. The van der Waals surface area contributed by atoms with Crippen molar-refractivity contribution in [3.63, 3.8) is 0 Å². The summed E-state index contributed by atoms with van der Waals surface area (Å²) in [4.78, 5) is 0. The normalized spacial score (nSPS) is 10.7. The monoisotopic (exact) mass is 527 g/mol. The van der Waals surface area contributed by atoms with E-state index in [1.807, 2.05) is 61.5 Å². The topological polar surface area (TPSA) is 21.3 Å². The summed E-state index contributed by atoms with van der Waals surface area (Å²) < 4.78 is 7.95. The van der Waals surface area contributed by atoms with Crippen LogP contribution in [0.3, 0.4) is 0 Å². The lowest BCUT2D eigenvalue weighted by atomic mass is 10.1. The minimum Gasteiger partial charge on any atom is -0.487 e. The van der Waals surface area contributed by atoms with Crippen LogP contribution in [0.4, 0.5) is 5.69 Å². The molecule has 0 bridgehead atoms. The van der Waals surface area contributed by atoms with E-state index >= 15 is 0 Å². The second-order valence-electron chi connectivity index (χ2n) is 6.07. The lowest BCUT2D eigenvalue weighted by Gasteiger charge is -2.16. The molecule has 3 aromatic carbocycles. The van der Waals surface area contributed by atoms with Crippen molar-refractivity contribution >= 4 is 60.7 Å². The van der Waals surface area contributed by atoms with Gasteiger partial charge < -0.3 is 10.1 Å². The average Bonchev–Trinajstić information content (AvgIpc) is 2.63. The molecule has 27 heavy (non-hydrogen) atoms. The highest BCUT2D eigenvalue weighted by molar-refractivity contribution is 9.11. The van der Waals surface area contributed by atoms with Crippen molar-refractivity contribution in [2.75, 3.05) is 5.32 Å². The van der Waals surface area contributed by atoms with E-state index in [0.717, 1.165) is 42.1 Å². The number of hydrogen-bond donors (Lipinski definition) is 1. The maximum atomic E-state index is 6.24. The standard InChI is InChI=1S/C21H17Br2Cl2NO/c1-13-6-7-17(10-20(13)25)26-11-15-8-16(22)9-18(23)21(15)27-12-14-4-2-3-5-19(14)24/h2-10,26H,11-12H2,1H3. The molecular weight excluding hydrogens is 513 g/mol. The molecule has 0 fully saturated rings. The van der Waals surface area contributed by atoms with Gasteiger partial charge in [-0.05, 0) is 58.7 Å². The van der Waals surface area contributed by atoms with Crippen molar-refractivity contribution in [1.29, 1.82) is 0 Å². The summed E-state index contributed by atoms with van der Waals surface area (Å²) in [5.41, 5.74) is 3.97. The van der Waals surface area contributed by atoms with Gasteiger partial charge in [0, 0.05) is 37.9 Å². The van der Waals surface area contributed by atoms with Crippen molar-refractivity contribution in [3.8, 4) is 5.75 Å². The number of hydrogen-bond acceptors (Lipinski definition) is 2. The van der Waals surface area contributed by atoms with Gasteiger partial charge in [0.2, 0.25) is 0 Å². The molecule has 0 unspecified atom stereocenters. The SMILES string of the molecule is Cc1ccc(NCc2cc(Br)cc(Br)c2OCc2ccccc2Cl)cc1Cl. The van der Waals surface area contributed by atoms with Crippen LogP contribution in [0.1, 0.15) is 16.7 Å². The molecule has 140 valence electrons. The summed E-state index contributed by atoms with van der Waals surface area (Å²) in [5, 5.41) is 4.84. The molecular formula is C21H17Br2Cl2NO. The fraction of sp³-hybridized carbons (Fsp3) is 0.143. The Kier molecular flexibility index (Phi) is 7.10. The first kappa shape index (κ1) is 20.5. The van der Waals surface area contributed by atoms with Gasteiger partial charge in [-0.15, -0.1) is 0 Å². The van der Waals surface area contributed by atoms with Gasteiger partial charge in [0.25, 0.3) is 0 Å². The number of anilines is 1. The molecule has 0 heterocycles. The van der Waals surface area contributed by atoms with E-state index in [-0.39, 0.29) is 0 Å². The second kappa shape index (κ2) is 9.33. The van der Waals surface area contributed by atoms with E-state index in [0.29, 0.717) is 18.2 Å². The van der Waals surface area contributed by atoms with Gasteiger partial charge in [-0.1, -0.05) is 63.4 Å². The summed E-state index contributed by atoms with van der Waals surface area (Å²) in [6.45, 7) is 2.97. The van der Waals surface area contributed by atoms with Crippen LogP contribution >= 0.6 is 55.1 Å². The molecule has 0 aromatic heterocycles. The number of rotatable bonds is 6. The number of benzene rings is 3. The third-order valence-electron chi connectivity index (χ3n) is 4.07. The van der Waals surface area contributed by atoms with Gasteiger partial charge in [0.05, 0.1) is 4.47 Å². The second-order valence-corrected chi connectivity index (χ2v) is 8.66. The van der Waals surface area contributed by atoms with Crippen LogP contribution in [-0.2, 0) is 13.2 Å². The van der Waals surface area contributed by atoms with Crippen molar-refractivity contribution in [3.05, 3.63) is 90.3 Å². The van der Waals surface area contributed by atoms with E-state index < -0.39 is 0 Å². The zero-order chi connectivity index (χ0) is 19.4. The van der Waals surface area contributed by atoms with Crippen molar-refractivity contribution < 1.29 is 4.74 Å². The van der Waals surface area contributed by atoms with E-state index in [4.69, 9.17) is 27.9 Å². The largest absolute Gasteiger partial charge is 0.487 e. The predicted molar refractivity (Wildman–Crippen MR) is 121 cm³/mol. The van der Waals surface area contributed by atoms with Crippen molar-refractivity contribution in [2.24, 2.45) is 0 Å². The Morgan fingerprint density at radius 3 is 2.44 bits per heavy atom. The Morgan fingerprint density at radius 2 is 1.70 bits per heavy atom. The minimum absolute atomic E-state index is 0.392. The number of ether oxygens (including phenoxy) is 1. The molecule has 6 heteroatoms. The molecule has 0 atom stereocenters. The lowest BCUT2D eigenvalue weighted by Crippen LogP contribution is -2.05. The van der Waals surface area contributed by atoms with Crippen molar-refractivity contribution in [2.45, 2.75) is 20.1 Å². The maximum absolute atomic E-state index is 6.24. The fourth-order valence-electron chi connectivity index (χ4n) is 2.57. The molecule has 0 aliphatic rings. The van der Waals surface area contributed by atoms with Crippen LogP contribution in [0, 0.1) is 6.92 Å². The lowest BCUT2D eigenvalue weighted by molar-refractivity contribution is 0.301. The third kappa shape index (κ3) is 5.41. The first-order valence-electron chi connectivity index (χ1n) is 8.28. The molecule has 1 N–H and O–H groups in total. The van der Waals surface area contributed by atoms with E-state index in [1.165, 1.54) is 0 Å². The van der Waals surface area contributed by atoms with Crippen LogP contribution in [0.5, 0.6) is 5.75 Å².